The van der Waals surface area contributed by atoms with E-state index in [0.717, 1.165) is 6.42 Å². The summed E-state index contributed by atoms with van der Waals surface area (Å²) in [5.41, 5.74) is -0.557. The number of rotatable bonds is 2. The Morgan fingerprint density at radius 3 is 2.39 bits per heavy atom. The minimum atomic E-state index is -0.557. The molecule has 0 aliphatic carbocycles. The van der Waals surface area contributed by atoms with Crippen molar-refractivity contribution in [3.8, 4) is 0 Å². The molecule has 0 aromatic rings. The number of esters is 1. The first-order chi connectivity index (χ1) is 8.26. The summed E-state index contributed by atoms with van der Waals surface area (Å²) in [6, 6.07) is -0.496. The summed E-state index contributed by atoms with van der Waals surface area (Å²) in [6.07, 6.45) is 0.993. The molecule has 1 fully saturated rings. The van der Waals surface area contributed by atoms with Crippen molar-refractivity contribution >= 4 is 12.1 Å². The lowest BCUT2D eigenvalue weighted by Crippen LogP contribution is -2.46. The van der Waals surface area contributed by atoms with Gasteiger partial charge < -0.3 is 9.47 Å². The van der Waals surface area contributed by atoms with Crippen LogP contribution in [0, 0.1) is 0 Å². The predicted molar refractivity (Wildman–Crippen MR) is 67.2 cm³/mol. The van der Waals surface area contributed by atoms with Crippen LogP contribution in [0.2, 0.25) is 0 Å². The van der Waals surface area contributed by atoms with Crippen LogP contribution < -0.4 is 0 Å². The molecule has 18 heavy (non-hydrogen) atoms. The maximum atomic E-state index is 12.1. The molecule has 5 heteroatoms. The van der Waals surface area contributed by atoms with Crippen LogP contribution in [-0.2, 0) is 14.3 Å². The number of nitrogens with zero attached hydrogens (tertiary/aromatic N) is 1. The Kier molecular flexibility index (Phi) is 4.59. The third-order valence-corrected chi connectivity index (χ3v) is 2.83. The molecule has 1 amide bonds. The van der Waals surface area contributed by atoms with E-state index >= 15 is 0 Å². The quantitative estimate of drug-likeness (QED) is 0.712. The van der Waals surface area contributed by atoms with Crippen LogP contribution >= 0.6 is 0 Å². The van der Waals surface area contributed by atoms with E-state index in [1.165, 1.54) is 4.90 Å². The van der Waals surface area contributed by atoms with Gasteiger partial charge in [0.1, 0.15) is 11.6 Å². The van der Waals surface area contributed by atoms with Crippen molar-refractivity contribution in [1.82, 2.24) is 4.90 Å². The Hall–Kier alpha value is -1.26. The first-order valence-electron chi connectivity index (χ1n) is 6.44. The Morgan fingerprint density at radius 2 is 1.89 bits per heavy atom. The van der Waals surface area contributed by atoms with E-state index in [-0.39, 0.29) is 12.0 Å². The van der Waals surface area contributed by atoms with Crippen LogP contribution in [0.25, 0.3) is 0 Å². The van der Waals surface area contributed by atoms with E-state index in [4.69, 9.17) is 9.47 Å². The highest BCUT2D eigenvalue weighted by molar-refractivity contribution is 5.82. The molecule has 0 aromatic carbocycles. The third kappa shape index (κ3) is 3.62. The van der Waals surface area contributed by atoms with E-state index in [2.05, 4.69) is 0 Å². The van der Waals surface area contributed by atoms with Crippen molar-refractivity contribution in [1.29, 1.82) is 0 Å². The lowest BCUT2D eigenvalue weighted by atomic mass is 10.2. The van der Waals surface area contributed by atoms with Gasteiger partial charge in [0.2, 0.25) is 0 Å². The molecule has 5 nitrogen and oxygen atoms in total. The highest BCUT2D eigenvalue weighted by Crippen LogP contribution is 2.27. The molecule has 104 valence electrons. The molecule has 0 saturated carbocycles. The van der Waals surface area contributed by atoms with Crippen molar-refractivity contribution in [3.63, 3.8) is 0 Å². The fraction of sp³-hybridized carbons (Fsp3) is 0.846. The van der Waals surface area contributed by atoms with Crippen molar-refractivity contribution in [2.24, 2.45) is 0 Å². The first-order valence-corrected chi connectivity index (χ1v) is 6.44. The minimum absolute atomic E-state index is 0.00857. The van der Waals surface area contributed by atoms with Gasteiger partial charge in [-0.15, -0.1) is 0 Å². The molecule has 0 bridgehead atoms. The molecular weight excluding hydrogens is 234 g/mol. The molecule has 1 rings (SSSR count). The molecule has 2 atom stereocenters. The second-order valence-electron chi connectivity index (χ2n) is 5.58. The van der Waals surface area contributed by atoms with Crippen molar-refractivity contribution in [3.05, 3.63) is 0 Å². The number of hydrogen-bond acceptors (Lipinski definition) is 4. The van der Waals surface area contributed by atoms with E-state index in [1.54, 1.807) is 6.92 Å². The lowest BCUT2D eigenvalue weighted by Gasteiger charge is -2.30. The number of likely N-dealkylation sites (tertiary alicyclic amines) is 1. The van der Waals surface area contributed by atoms with Crippen molar-refractivity contribution < 1.29 is 19.1 Å². The highest BCUT2D eigenvalue weighted by Gasteiger charge is 2.41. The number of ether oxygens (including phenoxy) is 2. The number of carbonyl (C=O) groups is 2. The van der Waals surface area contributed by atoms with Crippen LogP contribution in [0.3, 0.4) is 0 Å². The first kappa shape index (κ1) is 14.8. The van der Waals surface area contributed by atoms with Gasteiger partial charge in [-0.3, -0.25) is 4.90 Å². The van der Waals surface area contributed by atoms with Crippen LogP contribution in [0.5, 0.6) is 0 Å². The topological polar surface area (TPSA) is 55.8 Å². The SMILES string of the molecule is CCOC(=O)[C@@H]1CC[C@@H](C)N1C(=O)OC(C)(C)C. The minimum Gasteiger partial charge on any atom is -0.464 e. The molecule has 1 aliphatic rings. The second-order valence-corrected chi connectivity index (χ2v) is 5.58. The van der Waals surface area contributed by atoms with Gasteiger partial charge in [0.05, 0.1) is 6.61 Å². The normalized spacial score (nSPS) is 23.9. The van der Waals surface area contributed by atoms with Gasteiger partial charge in [0.15, 0.2) is 0 Å². The van der Waals surface area contributed by atoms with E-state index < -0.39 is 17.7 Å². The highest BCUT2D eigenvalue weighted by atomic mass is 16.6. The Labute approximate surface area is 108 Å². The smallest absolute Gasteiger partial charge is 0.411 e. The standard InChI is InChI=1S/C13H23NO4/c1-6-17-11(15)10-8-7-9(2)14(10)12(16)18-13(3,4)5/h9-10H,6-8H2,1-5H3/t9-,10+/m1/s1. The monoisotopic (exact) mass is 257 g/mol. The van der Waals surface area contributed by atoms with Crippen molar-refractivity contribution in [2.75, 3.05) is 6.61 Å². The molecule has 0 radical (unpaired) electrons. The largest absolute Gasteiger partial charge is 0.464 e. The van der Waals surface area contributed by atoms with Gasteiger partial charge in [0, 0.05) is 6.04 Å². The fourth-order valence-corrected chi connectivity index (χ4v) is 2.08. The molecule has 0 N–H and O–H groups in total. The van der Waals surface area contributed by atoms with E-state index in [9.17, 15) is 9.59 Å². The van der Waals surface area contributed by atoms with Gasteiger partial charge in [-0.1, -0.05) is 0 Å². The summed E-state index contributed by atoms with van der Waals surface area (Å²) in [5, 5.41) is 0. The summed E-state index contributed by atoms with van der Waals surface area (Å²) in [5.74, 6) is -0.340. The lowest BCUT2D eigenvalue weighted by molar-refractivity contribution is -0.148. The zero-order valence-corrected chi connectivity index (χ0v) is 11.9. The third-order valence-electron chi connectivity index (χ3n) is 2.83. The maximum absolute atomic E-state index is 12.1. The number of carbonyl (C=O) groups excluding carboxylic acids is 2. The zero-order valence-electron chi connectivity index (χ0n) is 11.9. The molecule has 0 aromatic heterocycles. The van der Waals surface area contributed by atoms with Crippen molar-refractivity contribution in [2.45, 2.75) is 65.1 Å². The molecule has 0 unspecified atom stereocenters. The van der Waals surface area contributed by atoms with Gasteiger partial charge in [-0.2, -0.15) is 0 Å². The molecule has 1 aliphatic heterocycles. The predicted octanol–water partition coefficient (Wildman–Crippen LogP) is 2.34. The van der Waals surface area contributed by atoms with Gasteiger partial charge in [-0.05, 0) is 47.5 Å². The second kappa shape index (κ2) is 5.59. The molecular formula is C13H23NO4. The van der Waals surface area contributed by atoms with Gasteiger partial charge in [0.25, 0.3) is 0 Å². The average Bonchev–Trinajstić information content (AvgIpc) is 2.58. The summed E-state index contributed by atoms with van der Waals surface area (Å²) >= 11 is 0. The summed E-state index contributed by atoms with van der Waals surface area (Å²) in [6.45, 7) is 9.43. The van der Waals surface area contributed by atoms with E-state index in [1.807, 2.05) is 27.7 Å². The Balaban J connectivity index is 2.76. The van der Waals surface area contributed by atoms with Crippen LogP contribution in [0.1, 0.15) is 47.5 Å². The van der Waals surface area contributed by atoms with Crippen LogP contribution in [0.15, 0.2) is 0 Å². The number of hydrogen-bond donors (Lipinski definition) is 0. The summed E-state index contributed by atoms with van der Waals surface area (Å²) < 4.78 is 10.3. The van der Waals surface area contributed by atoms with Gasteiger partial charge in [-0.25, -0.2) is 9.59 Å². The summed E-state index contributed by atoms with van der Waals surface area (Å²) in [7, 11) is 0. The van der Waals surface area contributed by atoms with Crippen LogP contribution in [-0.4, -0.2) is 41.3 Å². The van der Waals surface area contributed by atoms with E-state index in [0.29, 0.717) is 13.0 Å². The molecule has 0 spiro atoms. The molecule has 1 saturated heterocycles. The number of amides is 1. The Bertz CT molecular complexity index is 321. The Morgan fingerprint density at radius 1 is 1.28 bits per heavy atom. The maximum Gasteiger partial charge on any atom is 0.411 e. The van der Waals surface area contributed by atoms with Crippen LogP contribution in [0.4, 0.5) is 4.79 Å². The zero-order chi connectivity index (χ0) is 13.9. The summed E-state index contributed by atoms with van der Waals surface area (Å²) in [4.78, 5) is 25.4. The van der Waals surface area contributed by atoms with Gasteiger partial charge >= 0.3 is 12.1 Å². The fourth-order valence-electron chi connectivity index (χ4n) is 2.08. The molecule has 1 heterocycles. The average molecular weight is 257 g/mol.